The Labute approximate surface area is 82.4 Å². The molecule has 6 nitrogen and oxygen atoms in total. The molecule has 76 valence electrons. The van der Waals surface area contributed by atoms with Crippen LogP contribution in [-0.2, 0) is 13.0 Å². The zero-order chi connectivity index (χ0) is 10.2. The minimum atomic E-state index is 1.06. The number of tetrazole rings is 1. The molecule has 0 spiro atoms. The zero-order valence-corrected chi connectivity index (χ0v) is 8.44. The van der Waals surface area contributed by atoms with E-state index in [0.29, 0.717) is 0 Å². The summed E-state index contributed by atoms with van der Waals surface area (Å²) in [5.41, 5.74) is 0. The maximum atomic E-state index is 3.38. The van der Waals surface area contributed by atoms with Crippen LogP contribution in [0, 0.1) is 0 Å². The van der Waals surface area contributed by atoms with Crippen molar-refractivity contribution < 1.29 is 4.57 Å². The van der Waals surface area contributed by atoms with E-state index >= 15 is 0 Å². The maximum Gasteiger partial charge on any atom is 0.253 e. The molecule has 0 fully saturated rings. The van der Waals surface area contributed by atoms with E-state index in [1.807, 2.05) is 6.20 Å². The molecular formula is C8H15N6+. The van der Waals surface area contributed by atoms with Gasteiger partial charge in [-0.05, 0) is 6.92 Å². The number of aromatic nitrogens is 6. The molecular weight excluding hydrogens is 180 g/mol. The molecule has 14 heavy (non-hydrogen) atoms. The maximum absolute atomic E-state index is 3.38. The van der Waals surface area contributed by atoms with Crippen LogP contribution in [0.4, 0.5) is 0 Å². The third kappa shape index (κ3) is 2.96. The van der Waals surface area contributed by atoms with Crippen molar-refractivity contribution in [2.75, 3.05) is 0 Å². The van der Waals surface area contributed by atoms with Crippen molar-refractivity contribution in [3.63, 3.8) is 0 Å². The van der Waals surface area contributed by atoms with Gasteiger partial charge in [0.15, 0.2) is 6.33 Å². The van der Waals surface area contributed by atoms with Gasteiger partial charge in [-0.2, -0.15) is 5.21 Å². The first kappa shape index (κ1) is 10.4. The molecule has 2 aromatic rings. The number of nitrogens with zero attached hydrogens (tertiary/aromatic N) is 4. The van der Waals surface area contributed by atoms with Gasteiger partial charge in [0.1, 0.15) is 12.4 Å². The lowest BCUT2D eigenvalue weighted by Crippen LogP contribution is -2.34. The highest BCUT2D eigenvalue weighted by Gasteiger charge is 2.02. The molecule has 0 radical (unpaired) electrons. The van der Waals surface area contributed by atoms with Crippen LogP contribution < -0.4 is 4.57 Å². The molecule has 2 rings (SSSR count). The van der Waals surface area contributed by atoms with Gasteiger partial charge in [-0.25, -0.2) is 9.55 Å². The first-order chi connectivity index (χ1) is 6.88. The number of aromatic amines is 2. The van der Waals surface area contributed by atoms with Crippen molar-refractivity contribution in [1.29, 1.82) is 0 Å². The molecule has 2 aromatic heterocycles. The number of imidazole rings is 1. The van der Waals surface area contributed by atoms with Crippen LogP contribution in [0.15, 0.2) is 18.7 Å². The highest BCUT2D eigenvalue weighted by molar-refractivity contribution is 4.74. The Morgan fingerprint density at radius 2 is 2.29 bits per heavy atom. The summed E-state index contributed by atoms with van der Waals surface area (Å²) in [6, 6.07) is 0. The van der Waals surface area contributed by atoms with Gasteiger partial charge in [-0.15, -0.1) is 10.2 Å². The van der Waals surface area contributed by atoms with E-state index in [9.17, 15) is 0 Å². The first-order valence-electron chi connectivity index (χ1n) is 4.60. The largest absolute Gasteiger partial charge is 0.253 e. The van der Waals surface area contributed by atoms with Crippen LogP contribution in [0.1, 0.15) is 19.7 Å². The molecule has 0 saturated carbocycles. The predicted molar refractivity (Wildman–Crippen MR) is 50.2 cm³/mol. The molecule has 0 atom stereocenters. The standard InChI is InChI=1S/C7H12N2.CH2N4/c1-3-7-8-5-6-9(7)4-2;1-2-4-5-3-1/h5-6H,3-4H2,1-2H3;1H,(H,2,3,4,5)/p+1. The topological polar surface area (TPSA) is 74.1 Å². The van der Waals surface area contributed by atoms with Gasteiger partial charge in [0.2, 0.25) is 0 Å². The Balaban J connectivity index is 0.000000165. The van der Waals surface area contributed by atoms with Crippen LogP contribution in [-0.4, -0.2) is 25.6 Å². The van der Waals surface area contributed by atoms with Gasteiger partial charge in [-0.1, -0.05) is 12.1 Å². The van der Waals surface area contributed by atoms with E-state index < -0.39 is 0 Å². The van der Waals surface area contributed by atoms with Crippen LogP contribution in [0.5, 0.6) is 0 Å². The van der Waals surface area contributed by atoms with Crippen molar-refractivity contribution in [2.24, 2.45) is 0 Å². The minimum Gasteiger partial charge on any atom is -0.248 e. The summed E-state index contributed by atoms with van der Waals surface area (Å²) in [6.07, 6.45) is 6.46. The van der Waals surface area contributed by atoms with Crippen molar-refractivity contribution in [3.05, 3.63) is 24.5 Å². The molecule has 0 aromatic carbocycles. The van der Waals surface area contributed by atoms with Gasteiger partial charge in [0.25, 0.3) is 5.82 Å². The van der Waals surface area contributed by atoms with E-state index in [2.05, 4.69) is 50.2 Å². The number of aryl methyl sites for hydroxylation is 2. The molecule has 0 saturated heterocycles. The van der Waals surface area contributed by atoms with Crippen molar-refractivity contribution in [1.82, 2.24) is 25.6 Å². The molecule has 0 bridgehead atoms. The Morgan fingerprint density at radius 1 is 1.43 bits per heavy atom. The fourth-order valence-corrected chi connectivity index (χ4v) is 1.13. The second kappa shape index (κ2) is 5.85. The minimum absolute atomic E-state index is 1.06. The quantitative estimate of drug-likeness (QED) is 0.667. The average molecular weight is 195 g/mol. The van der Waals surface area contributed by atoms with Gasteiger partial charge in [0.05, 0.1) is 6.54 Å². The van der Waals surface area contributed by atoms with Crippen LogP contribution in [0.3, 0.4) is 0 Å². The third-order valence-electron chi connectivity index (χ3n) is 1.80. The van der Waals surface area contributed by atoms with Gasteiger partial charge in [0, 0.05) is 6.42 Å². The number of hydrogen-bond donors (Lipinski definition) is 2. The Kier molecular flexibility index (Phi) is 4.33. The summed E-state index contributed by atoms with van der Waals surface area (Å²) in [4.78, 5) is 3.17. The van der Waals surface area contributed by atoms with Crippen molar-refractivity contribution in [3.8, 4) is 0 Å². The van der Waals surface area contributed by atoms with Gasteiger partial charge >= 0.3 is 0 Å². The summed E-state index contributed by atoms with van der Waals surface area (Å²) in [6.45, 7) is 5.36. The van der Waals surface area contributed by atoms with Crippen LogP contribution in [0.2, 0.25) is 0 Å². The second-order valence-corrected chi connectivity index (χ2v) is 2.61. The lowest BCUT2D eigenvalue weighted by molar-refractivity contribution is -0.699. The summed E-state index contributed by atoms with van der Waals surface area (Å²) >= 11 is 0. The summed E-state index contributed by atoms with van der Waals surface area (Å²) in [7, 11) is 0. The van der Waals surface area contributed by atoms with Crippen LogP contribution >= 0.6 is 0 Å². The van der Waals surface area contributed by atoms with Crippen LogP contribution in [0.25, 0.3) is 0 Å². The number of hydrogen-bond acceptors (Lipinski definition) is 3. The summed E-state index contributed by atoms with van der Waals surface area (Å²) in [5.74, 6) is 1.30. The smallest absolute Gasteiger partial charge is 0.248 e. The number of rotatable bonds is 2. The molecule has 0 amide bonds. The van der Waals surface area contributed by atoms with E-state index in [4.69, 9.17) is 0 Å². The predicted octanol–water partition coefficient (Wildman–Crippen LogP) is 0.0842. The monoisotopic (exact) mass is 195 g/mol. The normalized spacial score (nSPS) is 9.29. The van der Waals surface area contributed by atoms with Crippen molar-refractivity contribution >= 4 is 0 Å². The lowest BCUT2D eigenvalue weighted by atomic mass is 10.4. The Hall–Kier alpha value is -1.72. The fourth-order valence-electron chi connectivity index (χ4n) is 1.13. The third-order valence-corrected chi connectivity index (χ3v) is 1.80. The molecule has 0 aliphatic rings. The highest BCUT2D eigenvalue weighted by atomic mass is 15.5. The SMILES string of the molecule is CCc1[nH]cc[n+]1CC.c1nn[nH]n1. The van der Waals surface area contributed by atoms with Gasteiger partial charge < -0.3 is 0 Å². The molecule has 2 N–H and O–H groups in total. The zero-order valence-electron chi connectivity index (χ0n) is 8.44. The first-order valence-corrected chi connectivity index (χ1v) is 4.60. The number of nitrogens with one attached hydrogen (secondary N) is 2. The summed E-state index contributed by atoms with van der Waals surface area (Å²) in [5, 5.41) is 12.2. The van der Waals surface area contributed by atoms with Gasteiger partial charge in [-0.3, -0.25) is 0 Å². The molecule has 2 heterocycles. The van der Waals surface area contributed by atoms with E-state index in [1.54, 1.807) is 0 Å². The van der Waals surface area contributed by atoms with E-state index in [0.717, 1.165) is 13.0 Å². The molecule has 0 aliphatic carbocycles. The second-order valence-electron chi connectivity index (χ2n) is 2.61. The fraction of sp³-hybridized carbons (Fsp3) is 0.500. The highest BCUT2D eigenvalue weighted by Crippen LogP contribution is 1.85. The van der Waals surface area contributed by atoms with Crippen molar-refractivity contribution in [2.45, 2.75) is 26.8 Å². The molecule has 0 unspecified atom stereocenters. The number of H-pyrrole nitrogens is 2. The summed E-state index contributed by atoms with van der Waals surface area (Å²) < 4.78 is 2.21. The molecule has 6 heteroatoms. The Bertz CT molecular complexity index is 290. The average Bonchev–Trinajstić information content (AvgIpc) is 2.91. The molecule has 0 aliphatic heterocycles. The Morgan fingerprint density at radius 3 is 2.64 bits per heavy atom. The van der Waals surface area contributed by atoms with E-state index in [1.165, 1.54) is 12.2 Å². The van der Waals surface area contributed by atoms with E-state index in [-0.39, 0.29) is 0 Å². The lowest BCUT2D eigenvalue weighted by Gasteiger charge is -1.90.